The summed E-state index contributed by atoms with van der Waals surface area (Å²) in [6, 6.07) is 4.79. The largest absolute Gasteiger partial charge is 0.511 e. The van der Waals surface area contributed by atoms with Crippen LogP contribution in [0, 0.1) is 12.8 Å². The third-order valence-electron chi connectivity index (χ3n) is 6.55. The third kappa shape index (κ3) is 13.1. The van der Waals surface area contributed by atoms with Crippen LogP contribution in [0.25, 0.3) is 0 Å². The first-order chi connectivity index (χ1) is 22.9. The molecule has 2 atom stereocenters. The van der Waals surface area contributed by atoms with Gasteiger partial charge in [0.1, 0.15) is 35.4 Å². The van der Waals surface area contributed by atoms with E-state index in [1.165, 1.54) is 25.3 Å². The minimum absolute atomic E-state index is 0.00866. The van der Waals surface area contributed by atoms with Gasteiger partial charge in [-0.2, -0.15) is 26.7 Å². The zero-order valence-corrected chi connectivity index (χ0v) is 30.5. The van der Waals surface area contributed by atoms with E-state index in [-0.39, 0.29) is 58.4 Å². The molecule has 2 amide bonds. The van der Waals surface area contributed by atoms with Crippen molar-refractivity contribution in [1.29, 1.82) is 0 Å². The van der Waals surface area contributed by atoms with Crippen molar-refractivity contribution in [3.8, 4) is 11.8 Å². The maximum atomic E-state index is 12.5. The molecule has 1 aromatic heterocycles. The Kier molecular flexibility index (Phi) is 17.5. The molecule has 3 rings (SSSR count). The van der Waals surface area contributed by atoms with Gasteiger partial charge in [0.05, 0.1) is 24.3 Å². The molecule has 0 fully saturated rings. The summed E-state index contributed by atoms with van der Waals surface area (Å²) in [6.45, 7) is 10.4. The Bertz CT molecular complexity index is 1540. The number of anilines is 1. The number of methoxy groups -OCH3 is 1. The van der Waals surface area contributed by atoms with Crippen LogP contribution in [0.1, 0.15) is 65.6 Å². The number of aliphatic hydroxyl groups excluding tert-OH is 1. The third-order valence-corrected chi connectivity index (χ3v) is 9.17. The van der Waals surface area contributed by atoms with Gasteiger partial charge in [-0.25, -0.2) is 17.9 Å². The zero-order valence-electron chi connectivity index (χ0n) is 28.1. The van der Waals surface area contributed by atoms with Crippen LogP contribution in [0.3, 0.4) is 0 Å². The van der Waals surface area contributed by atoms with Gasteiger partial charge >= 0.3 is 12.0 Å². The van der Waals surface area contributed by atoms with E-state index in [2.05, 4.69) is 39.3 Å². The number of aromatic nitrogens is 3. The van der Waals surface area contributed by atoms with Gasteiger partial charge < -0.3 is 19.4 Å². The van der Waals surface area contributed by atoms with E-state index in [1.54, 1.807) is 13.0 Å². The smallest absolute Gasteiger partial charge is 0.335 e. The number of nitrogens with zero attached hydrogens (tertiary/aromatic N) is 4. The quantitative estimate of drug-likeness (QED) is 0.107. The minimum Gasteiger partial charge on any atom is -0.511 e. The van der Waals surface area contributed by atoms with Gasteiger partial charge in [-0.15, -0.1) is 11.6 Å². The van der Waals surface area contributed by atoms with Crippen LogP contribution < -0.4 is 19.5 Å². The average molecular weight is 729 g/mol. The van der Waals surface area contributed by atoms with Crippen LogP contribution in [-0.4, -0.2) is 83.2 Å². The molecule has 0 saturated carbocycles. The predicted octanol–water partition coefficient (Wildman–Crippen LogP) is 5.82. The summed E-state index contributed by atoms with van der Waals surface area (Å²) in [7, 11) is -2.85. The number of hydrogen-bond donors (Lipinski definition) is 3. The fraction of sp³-hybridized carbons (Fsp3) is 0.548. The molecule has 1 aliphatic carbocycles. The number of aryl methyl sites for hydroxylation is 1. The van der Waals surface area contributed by atoms with E-state index < -0.39 is 16.1 Å². The maximum absolute atomic E-state index is 12.5. The fourth-order valence-corrected chi connectivity index (χ4v) is 6.84. The number of alkyl halides is 1. The van der Waals surface area contributed by atoms with Gasteiger partial charge in [-0.3, -0.25) is 10.1 Å². The van der Waals surface area contributed by atoms with Crippen molar-refractivity contribution in [2.45, 2.75) is 76.9 Å². The molecule has 1 heterocycles. The number of nitrogens with one attached hydrogen (secondary N) is 2. The molecule has 0 spiro atoms. The molecule has 0 saturated heterocycles. The van der Waals surface area contributed by atoms with Crippen molar-refractivity contribution in [3.63, 3.8) is 0 Å². The first-order valence-electron chi connectivity index (χ1n) is 15.5. The highest BCUT2D eigenvalue weighted by Crippen LogP contribution is 2.33. The van der Waals surface area contributed by atoms with Crippen LogP contribution >= 0.6 is 23.4 Å². The number of aliphatic hydroxyl groups is 1. The number of hydrogen-bond acceptors (Lipinski definition) is 13. The fourth-order valence-electron chi connectivity index (χ4n) is 4.73. The van der Waals surface area contributed by atoms with Crippen LogP contribution in [0.2, 0.25) is 0 Å². The summed E-state index contributed by atoms with van der Waals surface area (Å²) in [6.07, 6.45) is 3.56. The minimum atomic E-state index is -4.20. The lowest BCUT2D eigenvalue weighted by Crippen LogP contribution is -2.35. The Balaban J connectivity index is 0.000000339. The predicted molar refractivity (Wildman–Crippen MR) is 187 cm³/mol. The summed E-state index contributed by atoms with van der Waals surface area (Å²) < 4.78 is 36.9. The highest BCUT2D eigenvalue weighted by molar-refractivity contribution is 7.99. The molecular weight excluding hydrogens is 684 g/mol. The zero-order chi connectivity index (χ0) is 35.7. The van der Waals surface area contributed by atoms with E-state index in [0.29, 0.717) is 42.4 Å². The summed E-state index contributed by atoms with van der Waals surface area (Å²) in [5.41, 5.74) is 1.00. The lowest BCUT2D eigenvalue weighted by Gasteiger charge is -2.25. The number of carbonyl (C=O) groups is 2. The molecule has 1 aliphatic rings. The Morgan fingerprint density at radius 3 is 2.54 bits per heavy atom. The number of oxime groups is 1. The first-order valence-corrected chi connectivity index (χ1v) is 18.6. The van der Waals surface area contributed by atoms with Crippen molar-refractivity contribution in [2.24, 2.45) is 11.1 Å². The number of ketones is 1. The Morgan fingerprint density at radius 2 is 1.92 bits per heavy atom. The number of allylic oxidation sites excluding steroid dienone is 2. The van der Waals surface area contributed by atoms with E-state index in [0.717, 1.165) is 18.6 Å². The molecule has 0 aliphatic heterocycles. The summed E-state index contributed by atoms with van der Waals surface area (Å²) in [4.78, 5) is 40.9. The monoisotopic (exact) mass is 728 g/mol. The summed E-state index contributed by atoms with van der Waals surface area (Å²) in [5, 5.41) is 17.1. The Hall–Kier alpha value is -3.63. The lowest BCUT2D eigenvalue weighted by molar-refractivity contribution is -0.116. The topological polar surface area (TPSA) is 191 Å². The van der Waals surface area contributed by atoms with Crippen LogP contribution in [0.4, 0.5) is 10.7 Å². The number of amides is 2. The van der Waals surface area contributed by atoms with Crippen molar-refractivity contribution in [1.82, 2.24) is 19.7 Å². The number of urea groups is 1. The molecular formula is C31H45ClN6O8S2. The normalized spacial score (nSPS) is 15.6. The second-order valence-corrected chi connectivity index (χ2v) is 14.2. The van der Waals surface area contributed by atoms with Gasteiger partial charge in [0.25, 0.3) is 10.0 Å². The molecule has 0 bridgehead atoms. The summed E-state index contributed by atoms with van der Waals surface area (Å²) >= 11 is 7.45. The van der Waals surface area contributed by atoms with Crippen LogP contribution in [0.15, 0.2) is 45.6 Å². The molecule has 2 unspecified atom stereocenters. The number of halogens is 1. The second-order valence-electron chi connectivity index (χ2n) is 10.5. The SMILES string of the molecule is CCCC(=NOCC)C1=C(O)CC(CC(C)SCC)CC1=O.COc1nc(C)nc(NC(=O)NS(=O)(=O)c2ccccc2OCCCl)n1. The highest BCUT2D eigenvalue weighted by Gasteiger charge is 2.31. The Labute approximate surface area is 291 Å². The first kappa shape index (κ1) is 40.5. The number of carbonyl (C=O) groups excluding carboxylic acids is 2. The van der Waals surface area contributed by atoms with Gasteiger partial charge in [0.15, 0.2) is 5.78 Å². The van der Waals surface area contributed by atoms with Crippen LogP contribution in [-0.2, 0) is 19.7 Å². The lowest BCUT2D eigenvalue weighted by atomic mass is 9.82. The standard InChI is InChI=1S/C17H29NO3S.C14H16ClN5O5S/c1-5-8-14(18-21-6-2)17-15(19)10-13(11-16(17)20)9-12(4)22-7-3;1-9-16-12(19-14(17-9)24-2)18-13(21)20-26(22,23)11-6-4-3-5-10(11)25-8-7-15/h12-13,19H,5-11H2,1-4H3;3-6H,7-8H2,1-2H3,(H2,16,17,18,19,20,21). The Morgan fingerprint density at radius 1 is 1.19 bits per heavy atom. The van der Waals surface area contributed by atoms with Crippen molar-refractivity contribution in [2.75, 3.05) is 37.3 Å². The van der Waals surface area contributed by atoms with E-state index in [4.69, 9.17) is 25.9 Å². The number of ether oxygens (including phenoxy) is 2. The van der Waals surface area contributed by atoms with Gasteiger partial charge in [0, 0.05) is 18.1 Å². The van der Waals surface area contributed by atoms with E-state index >= 15 is 0 Å². The van der Waals surface area contributed by atoms with Crippen LogP contribution in [0.5, 0.6) is 11.8 Å². The molecule has 17 heteroatoms. The molecule has 14 nitrogen and oxygen atoms in total. The van der Waals surface area contributed by atoms with Crippen molar-refractivity contribution in [3.05, 3.63) is 41.4 Å². The molecule has 48 heavy (non-hydrogen) atoms. The molecule has 1 aromatic carbocycles. The van der Waals surface area contributed by atoms with E-state index in [1.807, 2.05) is 30.3 Å². The number of sulfonamides is 1. The molecule has 0 radical (unpaired) electrons. The number of para-hydroxylation sites is 1. The highest BCUT2D eigenvalue weighted by atomic mass is 35.5. The molecule has 266 valence electrons. The van der Waals surface area contributed by atoms with Gasteiger partial charge in [-0.05, 0) is 50.5 Å². The molecule has 2 aromatic rings. The van der Waals surface area contributed by atoms with E-state index in [9.17, 15) is 23.1 Å². The maximum Gasteiger partial charge on any atom is 0.335 e. The molecule has 3 N–H and O–H groups in total. The number of rotatable bonds is 16. The van der Waals surface area contributed by atoms with Gasteiger partial charge in [0.2, 0.25) is 5.95 Å². The summed E-state index contributed by atoms with van der Waals surface area (Å²) in [5.74, 6) is 1.91. The average Bonchev–Trinajstić information content (AvgIpc) is 3.02. The van der Waals surface area contributed by atoms with Crippen molar-refractivity contribution >= 4 is 56.9 Å². The number of benzene rings is 1. The number of Topliss-reactive ketones (excluding diaryl/α,β-unsaturated/α-hetero) is 1. The number of thioether (sulfide) groups is 1. The second kappa shape index (κ2) is 20.7. The van der Waals surface area contributed by atoms with Crippen molar-refractivity contribution < 1.29 is 37.4 Å². The van der Waals surface area contributed by atoms with Gasteiger partial charge in [-0.1, -0.05) is 44.5 Å².